The van der Waals surface area contributed by atoms with E-state index in [0.29, 0.717) is 6.54 Å². The Labute approximate surface area is 73.0 Å². The molecule has 0 unspecified atom stereocenters. The minimum Gasteiger partial charge on any atom is -0.301 e. The summed E-state index contributed by atoms with van der Waals surface area (Å²) in [4.78, 5) is 4.22. The van der Waals surface area contributed by atoms with Crippen LogP contribution in [0.1, 0.15) is 11.3 Å². The van der Waals surface area contributed by atoms with Gasteiger partial charge >= 0.3 is 0 Å². The molecule has 0 saturated carbocycles. The molecule has 62 valence electrons. The highest BCUT2D eigenvalue weighted by Gasteiger charge is 1.91. The average molecular weight is 160 g/mol. The van der Waals surface area contributed by atoms with Crippen molar-refractivity contribution in [3.05, 3.63) is 29.6 Å². The van der Waals surface area contributed by atoms with E-state index in [0.717, 1.165) is 12.2 Å². The molecule has 12 heavy (non-hydrogen) atoms. The van der Waals surface area contributed by atoms with Gasteiger partial charge in [0.2, 0.25) is 0 Å². The second-order valence-corrected chi connectivity index (χ2v) is 2.63. The molecule has 2 nitrogen and oxygen atoms in total. The van der Waals surface area contributed by atoms with Crippen LogP contribution in [0.5, 0.6) is 0 Å². The lowest BCUT2D eigenvalue weighted by Gasteiger charge is -1.99. The highest BCUT2D eigenvalue weighted by atomic mass is 14.9. The number of nitrogens with zero attached hydrogens (tertiary/aromatic N) is 1. The van der Waals surface area contributed by atoms with Gasteiger partial charge in [0.05, 0.1) is 12.2 Å². The number of hydrogen-bond acceptors (Lipinski definition) is 2. The first-order valence-corrected chi connectivity index (χ1v) is 3.88. The number of terminal acetylenes is 1. The topological polar surface area (TPSA) is 24.9 Å². The van der Waals surface area contributed by atoms with E-state index in [2.05, 4.69) is 16.2 Å². The molecule has 0 spiro atoms. The first kappa shape index (κ1) is 8.76. The molecular formula is C10H12N2. The van der Waals surface area contributed by atoms with Gasteiger partial charge in [-0.1, -0.05) is 12.0 Å². The Morgan fingerprint density at radius 2 is 2.42 bits per heavy atom. The third kappa shape index (κ3) is 2.73. The quantitative estimate of drug-likeness (QED) is 0.529. The normalized spacial score (nSPS) is 9.33. The summed E-state index contributed by atoms with van der Waals surface area (Å²) in [7, 11) is 0. The minimum absolute atomic E-state index is 0.593. The predicted molar refractivity (Wildman–Crippen MR) is 49.5 cm³/mol. The number of rotatable bonds is 3. The molecule has 1 heterocycles. The van der Waals surface area contributed by atoms with Gasteiger partial charge in [-0.3, -0.25) is 4.98 Å². The van der Waals surface area contributed by atoms with Crippen molar-refractivity contribution in [1.82, 2.24) is 10.3 Å². The van der Waals surface area contributed by atoms with E-state index in [9.17, 15) is 0 Å². The molecule has 0 bridgehead atoms. The second kappa shape index (κ2) is 4.53. The summed E-state index contributed by atoms with van der Waals surface area (Å²) in [6.07, 6.45) is 6.94. The second-order valence-electron chi connectivity index (χ2n) is 2.63. The van der Waals surface area contributed by atoms with Crippen LogP contribution in [-0.2, 0) is 6.54 Å². The largest absolute Gasteiger partial charge is 0.301 e. The molecule has 1 aromatic heterocycles. The van der Waals surface area contributed by atoms with Crippen molar-refractivity contribution >= 4 is 0 Å². The van der Waals surface area contributed by atoms with Crippen LogP contribution >= 0.6 is 0 Å². The molecule has 1 rings (SSSR count). The van der Waals surface area contributed by atoms with E-state index in [1.165, 1.54) is 5.56 Å². The van der Waals surface area contributed by atoms with E-state index >= 15 is 0 Å². The van der Waals surface area contributed by atoms with Crippen molar-refractivity contribution in [3.8, 4) is 12.3 Å². The Balaban J connectivity index is 2.43. The van der Waals surface area contributed by atoms with Crippen LogP contribution in [0.4, 0.5) is 0 Å². The minimum atomic E-state index is 0.593. The molecule has 0 aliphatic rings. The third-order valence-electron chi connectivity index (χ3n) is 1.51. The van der Waals surface area contributed by atoms with E-state index in [-0.39, 0.29) is 0 Å². The summed E-state index contributed by atoms with van der Waals surface area (Å²) in [6.45, 7) is 3.35. The number of nitrogens with one attached hydrogen (secondary N) is 1. The molecule has 0 aromatic carbocycles. The van der Waals surface area contributed by atoms with Crippen molar-refractivity contribution in [2.24, 2.45) is 0 Å². The van der Waals surface area contributed by atoms with Gasteiger partial charge in [-0.15, -0.1) is 6.42 Å². The van der Waals surface area contributed by atoms with E-state index in [1.54, 1.807) is 0 Å². The number of aryl methyl sites for hydroxylation is 1. The first-order chi connectivity index (χ1) is 5.83. The van der Waals surface area contributed by atoms with E-state index in [1.807, 2.05) is 25.3 Å². The monoisotopic (exact) mass is 160 g/mol. The zero-order valence-electron chi connectivity index (χ0n) is 7.17. The lowest BCUT2D eigenvalue weighted by Crippen LogP contribution is -2.13. The third-order valence-corrected chi connectivity index (χ3v) is 1.51. The Kier molecular flexibility index (Phi) is 3.31. The fourth-order valence-corrected chi connectivity index (χ4v) is 0.866. The van der Waals surface area contributed by atoms with Crippen LogP contribution in [-0.4, -0.2) is 11.5 Å². The maximum absolute atomic E-state index is 5.08. The van der Waals surface area contributed by atoms with Gasteiger partial charge in [-0.05, 0) is 18.6 Å². The van der Waals surface area contributed by atoms with Gasteiger partial charge in [-0.2, -0.15) is 0 Å². The molecule has 2 heteroatoms. The van der Waals surface area contributed by atoms with Crippen LogP contribution in [0.2, 0.25) is 0 Å². The molecule has 0 aliphatic carbocycles. The van der Waals surface area contributed by atoms with Crippen LogP contribution in [0.25, 0.3) is 0 Å². The summed E-state index contributed by atoms with van der Waals surface area (Å²) in [5.74, 6) is 2.51. The zero-order chi connectivity index (χ0) is 8.81. The smallest absolute Gasteiger partial charge is 0.0576 e. The summed E-state index contributed by atoms with van der Waals surface area (Å²) in [5.41, 5.74) is 2.20. The Morgan fingerprint density at radius 1 is 1.58 bits per heavy atom. The Morgan fingerprint density at radius 3 is 3.00 bits per heavy atom. The summed E-state index contributed by atoms with van der Waals surface area (Å²) in [5, 5.41) is 3.07. The van der Waals surface area contributed by atoms with E-state index < -0.39 is 0 Å². The number of hydrogen-bond donors (Lipinski definition) is 1. The number of pyridine rings is 1. The van der Waals surface area contributed by atoms with Crippen molar-refractivity contribution in [1.29, 1.82) is 0 Å². The van der Waals surface area contributed by atoms with Gasteiger partial charge < -0.3 is 5.32 Å². The SMILES string of the molecule is C#CCNCc1ccc(C)cn1. The molecule has 0 fully saturated rings. The van der Waals surface area contributed by atoms with Crippen LogP contribution in [0.3, 0.4) is 0 Å². The molecule has 0 amide bonds. The average Bonchev–Trinajstić information content (AvgIpc) is 2.09. The van der Waals surface area contributed by atoms with Gasteiger partial charge in [0.1, 0.15) is 0 Å². The fraction of sp³-hybridized carbons (Fsp3) is 0.300. The lowest BCUT2D eigenvalue weighted by atomic mass is 10.3. The molecular weight excluding hydrogens is 148 g/mol. The maximum Gasteiger partial charge on any atom is 0.0576 e. The first-order valence-electron chi connectivity index (χ1n) is 3.88. The van der Waals surface area contributed by atoms with Crippen molar-refractivity contribution in [2.45, 2.75) is 13.5 Å². The van der Waals surface area contributed by atoms with E-state index in [4.69, 9.17) is 6.42 Å². The van der Waals surface area contributed by atoms with Crippen molar-refractivity contribution in [2.75, 3.05) is 6.54 Å². The maximum atomic E-state index is 5.08. The van der Waals surface area contributed by atoms with Crippen molar-refractivity contribution in [3.63, 3.8) is 0 Å². The van der Waals surface area contributed by atoms with Crippen LogP contribution < -0.4 is 5.32 Å². The van der Waals surface area contributed by atoms with Gasteiger partial charge in [0.15, 0.2) is 0 Å². The summed E-state index contributed by atoms with van der Waals surface area (Å²) < 4.78 is 0. The van der Waals surface area contributed by atoms with Crippen LogP contribution in [0.15, 0.2) is 18.3 Å². The molecule has 0 saturated heterocycles. The van der Waals surface area contributed by atoms with Gasteiger partial charge in [0.25, 0.3) is 0 Å². The summed E-state index contributed by atoms with van der Waals surface area (Å²) >= 11 is 0. The highest BCUT2D eigenvalue weighted by molar-refractivity contribution is 5.12. The fourth-order valence-electron chi connectivity index (χ4n) is 0.866. The Hall–Kier alpha value is -1.33. The highest BCUT2D eigenvalue weighted by Crippen LogP contribution is 1.97. The Bertz CT molecular complexity index is 269. The molecule has 0 atom stereocenters. The molecule has 0 aliphatic heterocycles. The van der Waals surface area contributed by atoms with Crippen molar-refractivity contribution < 1.29 is 0 Å². The van der Waals surface area contributed by atoms with Gasteiger partial charge in [0, 0.05) is 12.7 Å². The van der Waals surface area contributed by atoms with Gasteiger partial charge in [-0.25, -0.2) is 0 Å². The zero-order valence-corrected chi connectivity index (χ0v) is 7.17. The standard InChI is InChI=1S/C10H12N2/c1-3-6-11-8-10-5-4-9(2)7-12-10/h1,4-5,7,11H,6,8H2,2H3. The van der Waals surface area contributed by atoms with Crippen LogP contribution in [0, 0.1) is 19.3 Å². The number of aromatic nitrogens is 1. The molecule has 1 aromatic rings. The molecule has 0 radical (unpaired) electrons. The molecule has 1 N–H and O–H groups in total. The summed E-state index contributed by atoms with van der Waals surface area (Å²) in [6, 6.07) is 4.04. The predicted octanol–water partition coefficient (Wildman–Crippen LogP) is 1.11. The lowest BCUT2D eigenvalue weighted by molar-refractivity contribution is 0.749.